The minimum absolute atomic E-state index is 0.819. The smallest absolute Gasteiger partial charge is 0.123 e. The van der Waals surface area contributed by atoms with Gasteiger partial charge >= 0.3 is 0 Å². The van der Waals surface area contributed by atoms with E-state index < -0.39 is 0 Å². The average Bonchev–Trinajstić information content (AvgIpc) is 2.42. The lowest BCUT2D eigenvalue weighted by Crippen LogP contribution is -2.15. The van der Waals surface area contributed by atoms with Crippen LogP contribution in [0.2, 0.25) is 0 Å². The zero-order valence-corrected chi connectivity index (χ0v) is 12.3. The van der Waals surface area contributed by atoms with Crippen molar-refractivity contribution in [2.45, 2.75) is 19.4 Å². The molecular weight excluding hydrogens is 246 g/mol. The maximum atomic E-state index is 5.34. The first-order chi connectivity index (χ1) is 8.81. The highest BCUT2D eigenvalue weighted by atomic mass is 32.2. The Morgan fingerprint density at radius 2 is 2.00 bits per heavy atom. The third-order valence-corrected chi connectivity index (χ3v) is 3.45. The molecule has 0 atom stereocenters. The summed E-state index contributed by atoms with van der Waals surface area (Å²) in [4.78, 5) is 0. The third kappa shape index (κ3) is 5.19. The van der Waals surface area contributed by atoms with Gasteiger partial charge in [0.25, 0.3) is 0 Å². The molecule has 0 spiro atoms. The maximum Gasteiger partial charge on any atom is 0.123 e. The van der Waals surface area contributed by atoms with E-state index in [0.29, 0.717) is 0 Å². The van der Waals surface area contributed by atoms with Crippen molar-refractivity contribution in [3.05, 3.63) is 23.8 Å². The fraction of sp³-hybridized carbons (Fsp3) is 0.571. The van der Waals surface area contributed by atoms with E-state index >= 15 is 0 Å². The second-order valence-corrected chi connectivity index (χ2v) is 5.04. The Morgan fingerprint density at radius 3 is 2.67 bits per heavy atom. The predicted molar refractivity (Wildman–Crippen MR) is 78.9 cm³/mol. The van der Waals surface area contributed by atoms with Crippen molar-refractivity contribution in [1.29, 1.82) is 0 Å². The maximum absolute atomic E-state index is 5.34. The number of hydrogen-bond donors (Lipinski definition) is 1. The van der Waals surface area contributed by atoms with E-state index in [1.54, 1.807) is 14.2 Å². The summed E-state index contributed by atoms with van der Waals surface area (Å²) >= 11 is 1.90. The number of benzene rings is 1. The molecule has 0 unspecified atom stereocenters. The standard InChI is InChI=1S/C14H23NO2S/c1-16-13-6-7-14(17-2)12(10-13)11-15-8-4-5-9-18-3/h6-7,10,15H,4-5,8-9,11H2,1-3H3. The van der Waals surface area contributed by atoms with Crippen LogP contribution in [0, 0.1) is 0 Å². The molecule has 0 aromatic heterocycles. The molecule has 0 saturated carbocycles. The van der Waals surface area contributed by atoms with E-state index in [4.69, 9.17) is 9.47 Å². The molecule has 0 amide bonds. The van der Waals surface area contributed by atoms with Gasteiger partial charge in [0.05, 0.1) is 14.2 Å². The van der Waals surface area contributed by atoms with Crippen LogP contribution in [0.15, 0.2) is 18.2 Å². The molecule has 18 heavy (non-hydrogen) atoms. The van der Waals surface area contributed by atoms with E-state index in [-0.39, 0.29) is 0 Å². The third-order valence-electron chi connectivity index (χ3n) is 2.76. The van der Waals surface area contributed by atoms with Crippen molar-refractivity contribution in [2.24, 2.45) is 0 Å². The van der Waals surface area contributed by atoms with Crippen LogP contribution in [-0.4, -0.2) is 32.8 Å². The van der Waals surface area contributed by atoms with Crippen LogP contribution < -0.4 is 14.8 Å². The van der Waals surface area contributed by atoms with Crippen LogP contribution in [-0.2, 0) is 6.54 Å². The molecule has 1 aromatic carbocycles. The van der Waals surface area contributed by atoms with Crippen molar-refractivity contribution in [3.8, 4) is 11.5 Å². The first-order valence-electron chi connectivity index (χ1n) is 6.22. The SMILES string of the molecule is COc1ccc(OC)c(CNCCCCSC)c1. The normalized spacial score (nSPS) is 10.4. The van der Waals surface area contributed by atoms with Gasteiger partial charge in [0.1, 0.15) is 11.5 Å². The first-order valence-corrected chi connectivity index (χ1v) is 7.61. The summed E-state index contributed by atoms with van der Waals surface area (Å²) in [5.41, 5.74) is 1.14. The van der Waals surface area contributed by atoms with E-state index in [0.717, 1.165) is 30.2 Å². The van der Waals surface area contributed by atoms with E-state index in [1.807, 2.05) is 30.0 Å². The van der Waals surface area contributed by atoms with Crippen molar-refractivity contribution < 1.29 is 9.47 Å². The summed E-state index contributed by atoms with van der Waals surface area (Å²) in [6.45, 7) is 1.86. The number of unbranched alkanes of at least 4 members (excludes halogenated alkanes) is 1. The molecule has 0 aliphatic rings. The number of methoxy groups -OCH3 is 2. The molecule has 102 valence electrons. The van der Waals surface area contributed by atoms with Crippen LogP contribution in [0.4, 0.5) is 0 Å². The highest BCUT2D eigenvalue weighted by Crippen LogP contribution is 2.23. The molecule has 3 nitrogen and oxygen atoms in total. The number of nitrogens with one attached hydrogen (secondary N) is 1. The Hall–Kier alpha value is -0.870. The Balaban J connectivity index is 2.39. The van der Waals surface area contributed by atoms with E-state index in [1.165, 1.54) is 18.6 Å². The molecule has 0 aliphatic heterocycles. The van der Waals surface area contributed by atoms with Gasteiger partial charge in [-0.1, -0.05) is 0 Å². The quantitative estimate of drug-likeness (QED) is 0.698. The molecule has 1 aromatic rings. The van der Waals surface area contributed by atoms with Gasteiger partial charge in [0.2, 0.25) is 0 Å². The summed E-state index contributed by atoms with van der Waals surface area (Å²) in [6.07, 6.45) is 4.63. The Morgan fingerprint density at radius 1 is 1.17 bits per heavy atom. The van der Waals surface area contributed by atoms with Gasteiger partial charge in [-0.15, -0.1) is 0 Å². The van der Waals surface area contributed by atoms with Crippen molar-refractivity contribution in [1.82, 2.24) is 5.32 Å². The largest absolute Gasteiger partial charge is 0.497 e. The van der Waals surface area contributed by atoms with E-state index in [2.05, 4.69) is 11.6 Å². The molecular formula is C14H23NO2S. The molecule has 0 fully saturated rings. The fourth-order valence-electron chi connectivity index (χ4n) is 1.74. The van der Waals surface area contributed by atoms with Crippen LogP contribution >= 0.6 is 11.8 Å². The van der Waals surface area contributed by atoms with Gasteiger partial charge < -0.3 is 14.8 Å². The van der Waals surface area contributed by atoms with Crippen LogP contribution in [0.25, 0.3) is 0 Å². The molecule has 0 radical (unpaired) electrons. The minimum Gasteiger partial charge on any atom is -0.497 e. The summed E-state index contributed by atoms with van der Waals surface area (Å²) in [7, 11) is 3.38. The zero-order chi connectivity index (χ0) is 13.2. The second kappa shape index (κ2) is 9.11. The lowest BCUT2D eigenvalue weighted by molar-refractivity contribution is 0.397. The Labute approximate surface area is 114 Å². The number of hydrogen-bond acceptors (Lipinski definition) is 4. The van der Waals surface area contributed by atoms with Crippen molar-refractivity contribution in [2.75, 3.05) is 32.8 Å². The number of rotatable bonds is 9. The Bertz CT molecular complexity index is 345. The molecule has 0 heterocycles. The van der Waals surface area contributed by atoms with Crippen LogP contribution in [0.1, 0.15) is 18.4 Å². The predicted octanol–water partition coefficient (Wildman–Crippen LogP) is 2.94. The Kier molecular flexibility index (Phi) is 7.69. The topological polar surface area (TPSA) is 30.5 Å². The number of thioether (sulfide) groups is 1. The molecule has 1 rings (SSSR count). The van der Waals surface area contributed by atoms with Crippen molar-refractivity contribution >= 4 is 11.8 Å². The highest BCUT2D eigenvalue weighted by molar-refractivity contribution is 7.98. The monoisotopic (exact) mass is 269 g/mol. The van der Waals surface area contributed by atoms with Crippen LogP contribution in [0.5, 0.6) is 11.5 Å². The van der Waals surface area contributed by atoms with Crippen molar-refractivity contribution in [3.63, 3.8) is 0 Å². The number of ether oxygens (including phenoxy) is 2. The van der Waals surface area contributed by atoms with Gasteiger partial charge in [-0.3, -0.25) is 0 Å². The van der Waals surface area contributed by atoms with Gasteiger partial charge in [0.15, 0.2) is 0 Å². The highest BCUT2D eigenvalue weighted by Gasteiger charge is 2.04. The average molecular weight is 269 g/mol. The lowest BCUT2D eigenvalue weighted by atomic mass is 10.2. The summed E-state index contributed by atoms with van der Waals surface area (Å²) < 4.78 is 10.6. The summed E-state index contributed by atoms with van der Waals surface area (Å²) in [5, 5.41) is 3.44. The van der Waals surface area contributed by atoms with E-state index in [9.17, 15) is 0 Å². The molecule has 0 aliphatic carbocycles. The van der Waals surface area contributed by atoms with Gasteiger partial charge in [-0.25, -0.2) is 0 Å². The fourth-order valence-corrected chi connectivity index (χ4v) is 2.23. The van der Waals surface area contributed by atoms with Crippen LogP contribution in [0.3, 0.4) is 0 Å². The molecule has 1 N–H and O–H groups in total. The van der Waals surface area contributed by atoms with Gasteiger partial charge in [-0.2, -0.15) is 11.8 Å². The second-order valence-electron chi connectivity index (χ2n) is 4.05. The molecule has 4 heteroatoms. The van der Waals surface area contributed by atoms with Gasteiger partial charge in [0, 0.05) is 12.1 Å². The van der Waals surface area contributed by atoms with Gasteiger partial charge in [-0.05, 0) is 49.6 Å². The zero-order valence-electron chi connectivity index (χ0n) is 11.5. The first kappa shape index (κ1) is 15.2. The summed E-state index contributed by atoms with van der Waals surface area (Å²) in [6, 6.07) is 5.89. The molecule has 0 bridgehead atoms. The lowest BCUT2D eigenvalue weighted by Gasteiger charge is -2.11. The summed E-state index contributed by atoms with van der Waals surface area (Å²) in [5.74, 6) is 3.02. The minimum atomic E-state index is 0.819. The molecule has 0 saturated heterocycles.